The van der Waals surface area contributed by atoms with Gasteiger partial charge in [-0.2, -0.15) is 0 Å². The van der Waals surface area contributed by atoms with Crippen molar-refractivity contribution in [1.29, 1.82) is 0 Å². The van der Waals surface area contributed by atoms with Crippen molar-refractivity contribution >= 4 is 12.0 Å². The molecule has 1 aromatic rings. The van der Waals surface area contributed by atoms with Gasteiger partial charge in [-0.15, -0.1) is 0 Å². The summed E-state index contributed by atoms with van der Waals surface area (Å²) in [5.41, 5.74) is 1.94. The Bertz CT molecular complexity index is 356. The van der Waals surface area contributed by atoms with Gasteiger partial charge < -0.3 is 9.84 Å². The van der Waals surface area contributed by atoms with Crippen LogP contribution in [-0.4, -0.2) is 24.8 Å². The average molecular weight is 206 g/mol. The van der Waals surface area contributed by atoms with Crippen molar-refractivity contribution in [2.75, 3.05) is 13.7 Å². The van der Waals surface area contributed by atoms with Gasteiger partial charge in [0, 0.05) is 12.7 Å². The molecule has 80 valence electrons. The SMILES string of the molecule is COC(=O)C=Cc1ccccc1CCO. The maximum atomic E-state index is 10.9. The molecule has 0 saturated carbocycles. The number of aliphatic hydroxyl groups is 1. The third kappa shape index (κ3) is 3.56. The lowest BCUT2D eigenvalue weighted by molar-refractivity contribution is -0.134. The van der Waals surface area contributed by atoms with E-state index in [0.29, 0.717) is 6.42 Å². The highest BCUT2D eigenvalue weighted by Crippen LogP contribution is 2.11. The van der Waals surface area contributed by atoms with E-state index in [1.165, 1.54) is 13.2 Å². The first-order valence-corrected chi connectivity index (χ1v) is 4.72. The van der Waals surface area contributed by atoms with Crippen LogP contribution in [0.15, 0.2) is 30.3 Å². The van der Waals surface area contributed by atoms with E-state index < -0.39 is 0 Å². The molecule has 1 aromatic carbocycles. The lowest BCUT2D eigenvalue weighted by Crippen LogP contribution is -1.96. The summed E-state index contributed by atoms with van der Waals surface area (Å²) >= 11 is 0. The minimum Gasteiger partial charge on any atom is -0.466 e. The van der Waals surface area contributed by atoms with E-state index in [0.717, 1.165) is 11.1 Å². The van der Waals surface area contributed by atoms with Gasteiger partial charge in [0.05, 0.1) is 7.11 Å². The van der Waals surface area contributed by atoms with Gasteiger partial charge in [0.25, 0.3) is 0 Å². The van der Waals surface area contributed by atoms with E-state index >= 15 is 0 Å². The Morgan fingerprint density at radius 3 is 2.87 bits per heavy atom. The number of carbonyl (C=O) groups excluding carboxylic acids is 1. The van der Waals surface area contributed by atoms with Crippen molar-refractivity contribution in [3.8, 4) is 0 Å². The summed E-state index contributed by atoms with van der Waals surface area (Å²) in [6, 6.07) is 7.61. The van der Waals surface area contributed by atoms with Crippen LogP contribution in [0.2, 0.25) is 0 Å². The smallest absolute Gasteiger partial charge is 0.330 e. The molecule has 0 saturated heterocycles. The molecule has 0 spiro atoms. The largest absolute Gasteiger partial charge is 0.466 e. The van der Waals surface area contributed by atoms with Gasteiger partial charge in [-0.05, 0) is 23.6 Å². The highest BCUT2D eigenvalue weighted by atomic mass is 16.5. The molecule has 0 bridgehead atoms. The van der Waals surface area contributed by atoms with Crippen LogP contribution in [0.3, 0.4) is 0 Å². The molecular weight excluding hydrogens is 192 g/mol. The third-order valence-electron chi connectivity index (χ3n) is 2.04. The summed E-state index contributed by atoms with van der Waals surface area (Å²) < 4.78 is 4.50. The van der Waals surface area contributed by atoms with Crippen LogP contribution in [0.1, 0.15) is 11.1 Å². The molecule has 0 heterocycles. The Morgan fingerprint density at radius 1 is 1.47 bits per heavy atom. The number of benzene rings is 1. The summed E-state index contributed by atoms with van der Waals surface area (Å²) in [7, 11) is 1.34. The monoisotopic (exact) mass is 206 g/mol. The van der Waals surface area contributed by atoms with Gasteiger partial charge in [-0.3, -0.25) is 0 Å². The topological polar surface area (TPSA) is 46.5 Å². The molecule has 0 aliphatic heterocycles. The van der Waals surface area contributed by atoms with E-state index in [9.17, 15) is 4.79 Å². The molecule has 0 atom stereocenters. The molecule has 0 radical (unpaired) electrons. The Labute approximate surface area is 89.0 Å². The Hall–Kier alpha value is -1.61. The van der Waals surface area contributed by atoms with Crippen LogP contribution in [0.4, 0.5) is 0 Å². The van der Waals surface area contributed by atoms with Crippen molar-refractivity contribution < 1.29 is 14.6 Å². The van der Waals surface area contributed by atoms with E-state index in [1.807, 2.05) is 24.3 Å². The second kappa shape index (κ2) is 5.98. The highest BCUT2D eigenvalue weighted by molar-refractivity contribution is 5.87. The number of carbonyl (C=O) groups is 1. The number of esters is 1. The van der Waals surface area contributed by atoms with Crippen molar-refractivity contribution in [3.05, 3.63) is 41.5 Å². The van der Waals surface area contributed by atoms with Crippen LogP contribution in [-0.2, 0) is 16.0 Å². The van der Waals surface area contributed by atoms with E-state index in [-0.39, 0.29) is 12.6 Å². The maximum Gasteiger partial charge on any atom is 0.330 e. The quantitative estimate of drug-likeness (QED) is 0.598. The molecule has 0 amide bonds. The Kier molecular flexibility index (Phi) is 4.57. The molecule has 1 N–H and O–H groups in total. The highest BCUT2D eigenvalue weighted by Gasteiger charge is 1.98. The zero-order valence-corrected chi connectivity index (χ0v) is 8.64. The number of hydrogen-bond donors (Lipinski definition) is 1. The van der Waals surface area contributed by atoms with Crippen molar-refractivity contribution in [1.82, 2.24) is 0 Å². The number of rotatable bonds is 4. The molecule has 0 unspecified atom stereocenters. The van der Waals surface area contributed by atoms with E-state index in [1.54, 1.807) is 6.08 Å². The summed E-state index contributed by atoms with van der Waals surface area (Å²) in [5.74, 6) is -0.381. The molecule has 0 fully saturated rings. The first-order chi connectivity index (χ1) is 7.27. The van der Waals surface area contributed by atoms with Crippen LogP contribution in [0.25, 0.3) is 6.08 Å². The van der Waals surface area contributed by atoms with Crippen molar-refractivity contribution in [3.63, 3.8) is 0 Å². The van der Waals surface area contributed by atoms with E-state index in [4.69, 9.17) is 5.11 Å². The number of methoxy groups -OCH3 is 1. The zero-order valence-electron chi connectivity index (χ0n) is 8.64. The van der Waals surface area contributed by atoms with Crippen LogP contribution in [0.5, 0.6) is 0 Å². The number of hydrogen-bond acceptors (Lipinski definition) is 3. The molecule has 15 heavy (non-hydrogen) atoms. The minimum absolute atomic E-state index is 0.100. The predicted molar refractivity (Wildman–Crippen MR) is 58.3 cm³/mol. The number of aliphatic hydroxyl groups excluding tert-OH is 1. The molecule has 3 nitrogen and oxygen atoms in total. The Morgan fingerprint density at radius 2 is 2.20 bits per heavy atom. The summed E-state index contributed by atoms with van der Waals surface area (Å²) in [6.07, 6.45) is 3.65. The van der Waals surface area contributed by atoms with Gasteiger partial charge in [-0.1, -0.05) is 24.3 Å². The predicted octanol–water partition coefficient (Wildman–Crippen LogP) is 1.41. The minimum atomic E-state index is -0.381. The Balaban J connectivity index is 2.83. The zero-order chi connectivity index (χ0) is 11.1. The maximum absolute atomic E-state index is 10.9. The van der Waals surface area contributed by atoms with Crippen LogP contribution >= 0.6 is 0 Å². The first-order valence-electron chi connectivity index (χ1n) is 4.72. The van der Waals surface area contributed by atoms with Gasteiger partial charge >= 0.3 is 5.97 Å². The molecule has 0 aliphatic rings. The third-order valence-corrected chi connectivity index (χ3v) is 2.04. The van der Waals surface area contributed by atoms with Crippen molar-refractivity contribution in [2.45, 2.75) is 6.42 Å². The molecular formula is C12H14O3. The van der Waals surface area contributed by atoms with Crippen LogP contribution in [0, 0.1) is 0 Å². The second-order valence-electron chi connectivity index (χ2n) is 3.03. The van der Waals surface area contributed by atoms with E-state index in [2.05, 4.69) is 4.74 Å². The molecule has 0 aliphatic carbocycles. The van der Waals surface area contributed by atoms with Gasteiger partial charge in [0.15, 0.2) is 0 Å². The molecule has 0 aromatic heterocycles. The molecule has 1 rings (SSSR count). The fourth-order valence-electron chi connectivity index (χ4n) is 1.27. The fourth-order valence-corrected chi connectivity index (χ4v) is 1.27. The standard InChI is InChI=1S/C12H14O3/c1-15-12(14)7-6-10-4-2-3-5-11(10)8-9-13/h2-7,13H,8-9H2,1H3. The first kappa shape index (κ1) is 11.5. The van der Waals surface area contributed by atoms with Crippen molar-refractivity contribution in [2.24, 2.45) is 0 Å². The number of ether oxygens (including phenoxy) is 1. The molecule has 3 heteroatoms. The van der Waals surface area contributed by atoms with Gasteiger partial charge in [0.1, 0.15) is 0 Å². The van der Waals surface area contributed by atoms with Gasteiger partial charge in [-0.25, -0.2) is 4.79 Å². The average Bonchev–Trinajstić information content (AvgIpc) is 2.28. The fraction of sp³-hybridized carbons (Fsp3) is 0.250. The lowest BCUT2D eigenvalue weighted by Gasteiger charge is -2.02. The van der Waals surface area contributed by atoms with Crippen LogP contribution < -0.4 is 0 Å². The summed E-state index contributed by atoms with van der Waals surface area (Å²) in [4.78, 5) is 10.9. The normalized spacial score (nSPS) is 10.5. The van der Waals surface area contributed by atoms with Gasteiger partial charge in [0.2, 0.25) is 0 Å². The lowest BCUT2D eigenvalue weighted by atomic mass is 10.0. The second-order valence-corrected chi connectivity index (χ2v) is 3.03. The summed E-state index contributed by atoms with van der Waals surface area (Å²) in [6.45, 7) is 0.100. The summed E-state index contributed by atoms with van der Waals surface area (Å²) in [5, 5.41) is 8.85.